The molecule has 0 spiro atoms. The Labute approximate surface area is 101 Å². The maximum Gasteiger partial charge on any atom is 0.0813 e. The summed E-state index contributed by atoms with van der Waals surface area (Å²) >= 11 is 0. The molecule has 0 unspecified atom stereocenters. The summed E-state index contributed by atoms with van der Waals surface area (Å²) in [5, 5.41) is 2.41. The predicted molar refractivity (Wildman–Crippen MR) is 70.2 cm³/mol. The molecule has 16 heavy (non-hydrogen) atoms. The summed E-state index contributed by atoms with van der Waals surface area (Å²) in [5.41, 5.74) is 3.90. The Bertz CT molecular complexity index is 214. The largest absolute Gasteiger partial charge is 0.285 e. The number of nitrogens with one attached hydrogen (secondary N) is 1. The Morgan fingerprint density at radius 2 is 1.69 bits per heavy atom. The highest BCUT2D eigenvalue weighted by molar-refractivity contribution is 4.87. The number of likely N-dealkylation sites (tertiary alicyclic amines) is 1. The molecule has 1 aliphatic rings. The summed E-state index contributed by atoms with van der Waals surface area (Å²) in [4.78, 5) is 2.54. The maximum atomic E-state index is 3.64. The van der Waals surface area contributed by atoms with E-state index >= 15 is 0 Å². The molecule has 1 fully saturated rings. The minimum atomic E-state index is 0.127. The lowest BCUT2D eigenvalue weighted by Gasteiger charge is -2.52. The summed E-state index contributed by atoms with van der Waals surface area (Å²) < 4.78 is 0. The van der Waals surface area contributed by atoms with E-state index in [2.05, 4.69) is 56.9 Å². The predicted octanol–water partition coefficient (Wildman–Crippen LogP) is 2.44. The molecule has 1 N–H and O–H groups in total. The zero-order valence-electron chi connectivity index (χ0n) is 11.9. The van der Waals surface area contributed by atoms with Crippen LogP contribution in [0, 0.1) is 0 Å². The standard InChI is InChI=1S/C13H29N3/c1-7-9-16(14-12(2,3)4)13(5,6)15-10-8-11-15/h14H,7-11H2,1-6H3. The lowest BCUT2D eigenvalue weighted by atomic mass is 10.1. The summed E-state index contributed by atoms with van der Waals surface area (Å²) in [7, 11) is 0. The van der Waals surface area contributed by atoms with Crippen LogP contribution in [0.3, 0.4) is 0 Å². The van der Waals surface area contributed by atoms with Crippen molar-refractivity contribution >= 4 is 0 Å². The van der Waals surface area contributed by atoms with Gasteiger partial charge in [-0.1, -0.05) is 6.92 Å². The van der Waals surface area contributed by atoms with E-state index in [0.29, 0.717) is 0 Å². The third-order valence-electron chi connectivity index (χ3n) is 3.21. The molecule has 0 bridgehead atoms. The smallest absolute Gasteiger partial charge is 0.0813 e. The molecule has 1 heterocycles. The van der Waals surface area contributed by atoms with Crippen LogP contribution in [0.2, 0.25) is 0 Å². The van der Waals surface area contributed by atoms with Crippen LogP contribution in [0.1, 0.15) is 54.4 Å². The SMILES string of the molecule is CCCN(NC(C)(C)C)C(C)(C)N1CCC1. The second-order valence-corrected chi connectivity index (χ2v) is 6.35. The van der Waals surface area contributed by atoms with Gasteiger partial charge in [0.05, 0.1) is 5.66 Å². The van der Waals surface area contributed by atoms with E-state index < -0.39 is 0 Å². The van der Waals surface area contributed by atoms with Gasteiger partial charge in [-0.15, -0.1) is 0 Å². The molecule has 0 atom stereocenters. The van der Waals surface area contributed by atoms with Gasteiger partial charge in [0.1, 0.15) is 0 Å². The molecule has 0 aromatic carbocycles. The van der Waals surface area contributed by atoms with Crippen molar-refractivity contribution in [1.82, 2.24) is 15.3 Å². The third kappa shape index (κ3) is 3.44. The van der Waals surface area contributed by atoms with Gasteiger partial charge >= 0.3 is 0 Å². The molecule has 3 heteroatoms. The molecule has 3 nitrogen and oxygen atoms in total. The van der Waals surface area contributed by atoms with Crippen LogP contribution >= 0.6 is 0 Å². The van der Waals surface area contributed by atoms with E-state index in [1.807, 2.05) is 0 Å². The van der Waals surface area contributed by atoms with Crippen molar-refractivity contribution in [3.8, 4) is 0 Å². The zero-order valence-corrected chi connectivity index (χ0v) is 11.9. The van der Waals surface area contributed by atoms with Crippen molar-refractivity contribution in [1.29, 1.82) is 0 Å². The third-order valence-corrected chi connectivity index (χ3v) is 3.21. The molecule has 0 saturated carbocycles. The Kier molecular flexibility index (Phi) is 4.38. The van der Waals surface area contributed by atoms with Crippen molar-refractivity contribution < 1.29 is 0 Å². The van der Waals surface area contributed by atoms with Gasteiger partial charge in [-0.2, -0.15) is 0 Å². The fourth-order valence-corrected chi connectivity index (χ4v) is 2.13. The summed E-state index contributed by atoms with van der Waals surface area (Å²) in [6, 6.07) is 0. The van der Waals surface area contributed by atoms with Crippen LogP contribution < -0.4 is 5.43 Å². The van der Waals surface area contributed by atoms with Crippen molar-refractivity contribution in [3.63, 3.8) is 0 Å². The van der Waals surface area contributed by atoms with E-state index in [1.54, 1.807) is 0 Å². The highest BCUT2D eigenvalue weighted by atomic mass is 15.6. The second kappa shape index (κ2) is 5.03. The average Bonchev–Trinajstić information content (AvgIpc) is 1.96. The topological polar surface area (TPSA) is 18.5 Å². The van der Waals surface area contributed by atoms with Crippen LogP contribution in [0.4, 0.5) is 0 Å². The monoisotopic (exact) mass is 227 g/mol. The van der Waals surface area contributed by atoms with E-state index in [0.717, 1.165) is 6.54 Å². The van der Waals surface area contributed by atoms with Gasteiger partial charge in [0.2, 0.25) is 0 Å². The van der Waals surface area contributed by atoms with Gasteiger partial charge in [-0.05, 0) is 47.5 Å². The Hall–Kier alpha value is -0.120. The molecule has 0 amide bonds. The molecule has 1 saturated heterocycles. The van der Waals surface area contributed by atoms with Gasteiger partial charge in [0.15, 0.2) is 0 Å². The van der Waals surface area contributed by atoms with Crippen molar-refractivity contribution in [3.05, 3.63) is 0 Å². The minimum Gasteiger partial charge on any atom is -0.285 e. The number of nitrogens with zero attached hydrogens (tertiary/aromatic N) is 2. The fraction of sp³-hybridized carbons (Fsp3) is 1.00. The first-order chi connectivity index (χ1) is 7.27. The van der Waals surface area contributed by atoms with Gasteiger partial charge < -0.3 is 0 Å². The number of hydrazine groups is 1. The van der Waals surface area contributed by atoms with Crippen LogP contribution in [0.25, 0.3) is 0 Å². The lowest BCUT2D eigenvalue weighted by molar-refractivity contribution is -0.106. The minimum absolute atomic E-state index is 0.127. The molecular formula is C13H29N3. The Morgan fingerprint density at radius 1 is 1.12 bits per heavy atom. The first kappa shape index (κ1) is 13.9. The second-order valence-electron chi connectivity index (χ2n) is 6.35. The van der Waals surface area contributed by atoms with E-state index in [9.17, 15) is 0 Å². The highest BCUT2D eigenvalue weighted by Crippen LogP contribution is 2.25. The van der Waals surface area contributed by atoms with Crippen LogP contribution in [0.5, 0.6) is 0 Å². The summed E-state index contributed by atoms with van der Waals surface area (Å²) in [5.74, 6) is 0. The van der Waals surface area contributed by atoms with Gasteiger partial charge in [-0.3, -0.25) is 4.90 Å². The lowest BCUT2D eigenvalue weighted by Crippen LogP contribution is -2.67. The van der Waals surface area contributed by atoms with E-state index in [-0.39, 0.29) is 11.2 Å². The number of rotatable bonds is 5. The van der Waals surface area contributed by atoms with E-state index in [4.69, 9.17) is 0 Å². The molecule has 96 valence electrons. The average molecular weight is 227 g/mol. The maximum absolute atomic E-state index is 3.64. The quantitative estimate of drug-likeness (QED) is 0.728. The first-order valence-electron chi connectivity index (χ1n) is 6.58. The molecule has 0 aromatic rings. The van der Waals surface area contributed by atoms with Gasteiger partial charge in [-0.25, -0.2) is 10.4 Å². The van der Waals surface area contributed by atoms with Crippen molar-refractivity contribution in [2.75, 3.05) is 19.6 Å². The number of hydrogen-bond acceptors (Lipinski definition) is 3. The molecule has 0 aliphatic carbocycles. The molecule has 0 radical (unpaired) electrons. The van der Waals surface area contributed by atoms with Crippen molar-refractivity contribution in [2.45, 2.75) is 65.6 Å². The van der Waals surface area contributed by atoms with Crippen LogP contribution in [-0.2, 0) is 0 Å². The number of hydrogen-bond donors (Lipinski definition) is 1. The van der Waals surface area contributed by atoms with E-state index in [1.165, 1.54) is 25.9 Å². The fourth-order valence-electron chi connectivity index (χ4n) is 2.13. The molecule has 1 rings (SSSR count). The zero-order chi connectivity index (χ0) is 12.4. The van der Waals surface area contributed by atoms with Crippen molar-refractivity contribution in [2.24, 2.45) is 0 Å². The molecule has 0 aromatic heterocycles. The highest BCUT2D eigenvalue weighted by Gasteiger charge is 2.37. The molecule has 1 aliphatic heterocycles. The normalized spacial score (nSPS) is 18.9. The summed E-state index contributed by atoms with van der Waals surface area (Å²) in [6.45, 7) is 17.1. The van der Waals surface area contributed by atoms with Gasteiger partial charge in [0.25, 0.3) is 0 Å². The Morgan fingerprint density at radius 3 is 2.00 bits per heavy atom. The molecular weight excluding hydrogens is 198 g/mol. The van der Waals surface area contributed by atoms with Crippen LogP contribution in [0.15, 0.2) is 0 Å². The first-order valence-corrected chi connectivity index (χ1v) is 6.58. The van der Waals surface area contributed by atoms with Crippen LogP contribution in [-0.4, -0.2) is 40.7 Å². The Balaban J connectivity index is 2.66. The van der Waals surface area contributed by atoms with Gasteiger partial charge in [0, 0.05) is 25.2 Å². The summed E-state index contributed by atoms with van der Waals surface area (Å²) in [6.07, 6.45) is 2.53.